The molecule has 0 aliphatic rings. The number of aromatic amines is 1. The summed E-state index contributed by atoms with van der Waals surface area (Å²) < 4.78 is 0. The van der Waals surface area contributed by atoms with Crippen LogP contribution in [0.1, 0.15) is 45.1 Å². The molecule has 0 atom stereocenters. The highest BCUT2D eigenvalue weighted by atomic mass is 16.3. The van der Waals surface area contributed by atoms with Gasteiger partial charge in [-0.3, -0.25) is 9.59 Å². The summed E-state index contributed by atoms with van der Waals surface area (Å²) >= 11 is 0. The van der Waals surface area contributed by atoms with E-state index in [2.05, 4.69) is 18.8 Å². The summed E-state index contributed by atoms with van der Waals surface area (Å²) in [6, 6.07) is 7.05. The Bertz CT molecular complexity index is 744. The molecule has 1 heterocycles. The molecular weight excluding hydrogens is 304 g/mol. The number of aromatic hydroxyl groups is 1. The maximum absolute atomic E-state index is 12.6. The Morgan fingerprint density at radius 1 is 1.12 bits per heavy atom. The lowest BCUT2D eigenvalue weighted by molar-refractivity contribution is -0.130. The monoisotopic (exact) mass is 330 g/mol. The van der Waals surface area contributed by atoms with Crippen molar-refractivity contribution in [3.8, 4) is 5.75 Å². The number of amides is 1. The molecule has 0 fully saturated rings. The maximum Gasteiger partial charge on any atom is 0.255 e. The topological polar surface area (TPSA) is 73.4 Å². The van der Waals surface area contributed by atoms with Crippen LogP contribution in [0.5, 0.6) is 5.75 Å². The van der Waals surface area contributed by atoms with Crippen LogP contribution in [-0.4, -0.2) is 34.0 Å². The van der Waals surface area contributed by atoms with Gasteiger partial charge < -0.3 is 15.0 Å². The number of rotatable bonds is 8. The molecule has 5 nitrogen and oxygen atoms in total. The van der Waals surface area contributed by atoms with E-state index in [-0.39, 0.29) is 23.6 Å². The first-order chi connectivity index (χ1) is 11.6. The lowest BCUT2D eigenvalue weighted by atomic mass is 10.1. The third-order valence-corrected chi connectivity index (χ3v) is 4.23. The second-order valence-electron chi connectivity index (χ2n) is 6.09. The highest BCUT2D eigenvalue weighted by Crippen LogP contribution is 2.25. The molecule has 1 aromatic carbocycles. The van der Waals surface area contributed by atoms with Gasteiger partial charge in [-0.25, -0.2) is 0 Å². The molecule has 24 heavy (non-hydrogen) atoms. The Morgan fingerprint density at radius 2 is 1.75 bits per heavy atom. The van der Waals surface area contributed by atoms with Crippen molar-refractivity contribution >= 4 is 16.8 Å². The first-order valence-corrected chi connectivity index (χ1v) is 8.69. The molecule has 0 aliphatic carbocycles. The van der Waals surface area contributed by atoms with Gasteiger partial charge >= 0.3 is 0 Å². The van der Waals surface area contributed by atoms with E-state index in [4.69, 9.17) is 0 Å². The van der Waals surface area contributed by atoms with Crippen LogP contribution in [-0.2, 0) is 11.2 Å². The van der Waals surface area contributed by atoms with Crippen LogP contribution in [0.2, 0.25) is 0 Å². The van der Waals surface area contributed by atoms with Crippen molar-refractivity contribution in [2.75, 3.05) is 13.1 Å². The third-order valence-electron chi connectivity index (χ3n) is 4.23. The fraction of sp³-hybridized carbons (Fsp3) is 0.474. The molecule has 0 saturated carbocycles. The number of aromatic nitrogens is 1. The number of carbonyl (C=O) groups is 1. The van der Waals surface area contributed by atoms with Crippen molar-refractivity contribution in [3.63, 3.8) is 0 Å². The summed E-state index contributed by atoms with van der Waals surface area (Å²) in [6.07, 6.45) is 3.83. The molecule has 2 aromatic rings. The predicted molar refractivity (Wildman–Crippen MR) is 96.3 cm³/mol. The van der Waals surface area contributed by atoms with E-state index >= 15 is 0 Å². The Morgan fingerprint density at radius 3 is 2.38 bits per heavy atom. The lowest BCUT2D eigenvalue weighted by Gasteiger charge is -2.22. The second kappa shape index (κ2) is 8.52. The average molecular weight is 330 g/mol. The molecule has 130 valence electrons. The minimum atomic E-state index is -0.398. The molecule has 2 N–H and O–H groups in total. The summed E-state index contributed by atoms with van der Waals surface area (Å²) in [5, 5.41) is 11.0. The van der Waals surface area contributed by atoms with Crippen molar-refractivity contribution in [1.82, 2.24) is 9.88 Å². The SMILES string of the molecule is CCCCN(CCCC)C(=O)Cc1c(O)c2ccccc2[nH]c1=O. The number of para-hydroxylation sites is 1. The van der Waals surface area contributed by atoms with Gasteiger partial charge in [0.05, 0.1) is 17.5 Å². The third kappa shape index (κ3) is 4.16. The average Bonchev–Trinajstić information content (AvgIpc) is 2.58. The van der Waals surface area contributed by atoms with Crippen molar-refractivity contribution in [1.29, 1.82) is 0 Å². The first kappa shape index (κ1) is 18.0. The zero-order valence-electron chi connectivity index (χ0n) is 14.5. The van der Waals surface area contributed by atoms with Crippen LogP contribution >= 0.6 is 0 Å². The molecule has 0 bridgehead atoms. The van der Waals surface area contributed by atoms with Crippen molar-refractivity contribution in [2.24, 2.45) is 0 Å². The predicted octanol–water partition coefficient (Wildman–Crippen LogP) is 3.21. The number of hydrogen-bond donors (Lipinski definition) is 2. The van der Waals surface area contributed by atoms with Gasteiger partial charge in [0.15, 0.2) is 0 Å². The van der Waals surface area contributed by atoms with E-state index in [0.29, 0.717) is 24.0 Å². The van der Waals surface area contributed by atoms with Crippen molar-refractivity contribution in [2.45, 2.75) is 46.0 Å². The van der Waals surface area contributed by atoms with Crippen LogP contribution in [0.15, 0.2) is 29.1 Å². The number of H-pyrrole nitrogens is 1. The van der Waals surface area contributed by atoms with E-state index in [1.807, 2.05) is 0 Å². The maximum atomic E-state index is 12.6. The number of fused-ring (bicyclic) bond motifs is 1. The zero-order valence-corrected chi connectivity index (χ0v) is 14.5. The van der Waals surface area contributed by atoms with Gasteiger partial charge in [0, 0.05) is 18.5 Å². The molecule has 0 radical (unpaired) electrons. The van der Waals surface area contributed by atoms with Gasteiger partial charge in [-0.1, -0.05) is 38.8 Å². The Kier molecular flexibility index (Phi) is 6.41. The number of nitrogens with zero attached hydrogens (tertiary/aromatic N) is 1. The summed E-state index contributed by atoms with van der Waals surface area (Å²) in [7, 11) is 0. The highest BCUT2D eigenvalue weighted by molar-refractivity contribution is 5.88. The summed E-state index contributed by atoms with van der Waals surface area (Å²) in [5.74, 6) is -0.193. The first-order valence-electron chi connectivity index (χ1n) is 8.69. The number of hydrogen-bond acceptors (Lipinski definition) is 3. The number of benzene rings is 1. The van der Waals surface area contributed by atoms with E-state index in [1.54, 1.807) is 29.2 Å². The quantitative estimate of drug-likeness (QED) is 0.780. The summed E-state index contributed by atoms with van der Waals surface area (Å²) in [6.45, 7) is 5.56. The lowest BCUT2D eigenvalue weighted by Crippen LogP contribution is -2.35. The number of nitrogens with one attached hydrogen (secondary N) is 1. The van der Waals surface area contributed by atoms with Crippen LogP contribution in [0.4, 0.5) is 0 Å². The van der Waals surface area contributed by atoms with E-state index in [9.17, 15) is 14.7 Å². The zero-order chi connectivity index (χ0) is 17.5. The van der Waals surface area contributed by atoms with E-state index < -0.39 is 5.56 Å². The molecule has 0 spiro atoms. The second-order valence-corrected chi connectivity index (χ2v) is 6.09. The van der Waals surface area contributed by atoms with Crippen LogP contribution in [0.3, 0.4) is 0 Å². The standard InChI is InChI=1S/C19H26N2O3/c1-3-5-11-21(12-6-4-2)17(22)13-15-18(23)14-9-7-8-10-16(14)20-19(15)24/h7-10H,3-6,11-13H2,1-2H3,(H2,20,23,24). The van der Waals surface area contributed by atoms with Crippen molar-refractivity contribution < 1.29 is 9.90 Å². The smallest absolute Gasteiger partial charge is 0.255 e. The molecule has 1 amide bonds. The molecule has 1 aromatic heterocycles. The number of carbonyl (C=O) groups excluding carboxylic acids is 1. The summed E-state index contributed by atoms with van der Waals surface area (Å²) in [5.41, 5.74) is 0.326. The fourth-order valence-corrected chi connectivity index (χ4v) is 2.75. The minimum Gasteiger partial charge on any atom is -0.507 e. The van der Waals surface area contributed by atoms with Gasteiger partial charge in [0.25, 0.3) is 5.56 Å². The van der Waals surface area contributed by atoms with Gasteiger partial charge in [-0.05, 0) is 25.0 Å². The molecule has 2 rings (SSSR count). The van der Waals surface area contributed by atoms with Gasteiger partial charge in [-0.2, -0.15) is 0 Å². The van der Waals surface area contributed by atoms with E-state index in [0.717, 1.165) is 25.7 Å². The normalized spacial score (nSPS) is 10.9. The van der Waals surface area contributed by atoms with Crippen LogP contribution < -0.4 is 5.56 Å². The largest absolute Gasteiger partial charge is 0.507 e. The highest BCUT2D eigenvalue weighted by Gasteiger charge is 2.19. The van der Waals surface area contributed by atoms with E-state index in [1.165, 1.54) is 0 Å². The van der Waals surface area contributed by atoms with Crippen LogP contribution in [0, 0.1) is 0 Å². The van der Waals surface area contributed by atoms with Gasteiger partial charge in [0.1, 0.15) is 5.75 Å². The van der Waals surface area contributed by atoms with Crippen LogP contribution in [0.25, 0.3) is 10.9 Å². The summed E-state index contributed by atoms with van der Waals surface area (Å²) in [4.78, 5) is 29.4. The Hall–Kier alpha value is -2.30. The minimum absolute atomic E-state index is 0.0700. The Balaban J connectivity index is 2.26. The number of pyridine rings is 1. The molecule has 0 saturated heterocycles. The van der Waals surface area contributed by atoms with Crippen molar-refractivity contribution in [3.05, 3.63) is 40.2 Å². The molecule has 0 aliphatic heterocycles. The Labute approximate surface area is 142 Å². The van der Waals surface area contributed by atoms with Gasteiger partial charge in [0.2, 0.25) is 5.91 Å². The fourth-order valence-electron chi connectivity index (χ4n) is 2.75. The number of unbranched alkanes of at least 4 members (excludes halogenated alkanes) is 2. The molecule has 5 heteroatoms. The van der Waals surface area contributed by atoms with Gasteiger partial charge in [-0.15, -0.1) is 0 Å². The molecule has 0 unspecified atom stereocenters. The molecular formula is C19H26N2O3.